The smallest absolute Gasteiger partial charge is 0.150 e. The molecule has 2 aromatic carbocycles. The molecule has 2 rings (SSSR count). The molecule has 0 aromatic heterocycles. The Labute approximate surface area is 111 Å². The Kier molecular flexibility index (Phi) is 4.29. The Morgan fingerprint density at radius 1 is 1.05 bits per heavy atom. The summed E-state index contributed by atoms with van der Waals surface area (Å²) < 4.78 is 18.4. The lowest BCUT2D eigenvalue weighted by atomic mass is 10.0. The van der Waals surface area contributed by atoms with Crippen LogP contribution in [0, 0.1) is 5.82 Å². The predicted molar refractivity (Wildman–Crippen MR) is 72.2 cm³/mol. The van der Waals surface area contributed by atoms with E-state index in [9.17, 15) is 9.18 Å². The fourth-order valence-corrected chi connectivity index (χ4v) is 1.97. The minimum Gasteiger partial charge on any atom is -0.497 e. The van der Waals surface area contributed by atoms with Gasteiger partial charge in [-0.25, -0.2) is 4.39 Å². The third kappa shape index (κ3) is 3.65. The van der Waals surface area contributed by atoms with Gasteiger partial charge >= 0.3 is 0 Å². The highest BCUT2D eigenvalue weighted by Crippen LogP contribution is 2.15. The second kappa shape index (κ2) is 6.14. The SMILES string of the molecule is COc1ccc(CCc2cc(F)cc(C=O)c2)cc1. The number of hydrogen-bond donors (Lipinski definition) is 0. The van der Waals surface area contributed by atoms with Gasteiger partial charge in [-0.3, -0.25) is 4.79 Å². The van der Waals surface area contributed by atoms with Crippen molar-refractivity contribution in [3.8, 4) is 5.75 Å². The molecule has 98 valence electrons. The van der Waals surface area contributed by atoms with E-state index in [4.69, 9.17) is 4.74 Å². The minimum absolute atomic E-state index is 0.366. The molecule has 0 saturated heterocycles. The summed E-state index contributed by atoms with van der Waals surface area (Å²) in [5.74, 6) is 0.451. The lowest BCUT2D eigenvalue weighted by Crippen LogP contribution is -1.94. The summed E-state index contributed by atoms with van der Waals surface area (Å²) >= 11 is 0. The van der Waals surface area contributed by atoms with Crippen LogP contribution in [-0.2, 0) is 12.8 Å². The molecule has 0 aliphatic heterocycles. The summed E-state index contributed by atoms with van der Waals surface area (Å²) in [4.78, 5) is 10.7. The van der Waals surface area contributed by atoms with E-state index in [-0.39, 0.29) is 5.82 Å². The van der Waals surface area contributed by atoms with Gasteiger partial charge in [-0.05, 0) is 54.3 Å². The van der Waals surface area contributed by atoms with E-state index >= 15 is 0 Å². The van der Waals surface area contributed by atoms with Crippen LogP contribution in [0.3, 0.4) is 0 Å². The average molecular weight is 258 g/mol. The van der Waals surface area contributed by atoms with Gasteiger partial charge in [-0.15, -0.1) is 0 Å². The number of carbonyl (C=O) groups is 1. The minimum atomic E-state index is -0.366. The van der Waals surface area contributed by atoms with Gasteiger partial charge in [0.05, 0.1) is 7.11 Å². The van der Waals surface area contributed by atoms with Crippen LogP contribution < -0.4 is 4.74 Å². The van der Waals surface area contributed by atoms with Crippen LogP contribution in [0.4, 0.5) is 4.39 Å². The third-order valence-corrected chi connectivity index (χ3v) is 2.98. The van der Waals surface area contributed by atoms with Crippen molar-refractivity contribution in [3.05, 3.63) is 65.0 Å². The molecule has 0 N–H and O–H groups in total. The highest BCUT2D eigenvalue weighted by atomic mass is 19.1. The normalized spacial score (nSPS) is 10.2. The fraction of sp³-hybridized carbons (Fsp3) is 0.188. The van der Waals surface area contributed by atoms with E-state index in [2.05, 4.69) is 0 Å². The molecule has 3 heteroatoms. The van der Waals surface area contributed by atoms with Crippen LogP contribution in [-0.4, -0.2) is 13.4 Å². The van der Waals surface area contributed by atoms with E-state index in [0.717, 1.165) is 23.3 Å². The first-order valence-electron chi connectivity index (χ1n) is 6.09. The number of aldehydes is 1. The fourth-order valence-electron chi connectivity index (χ4n) is 1.97. The topological polar surface area (TPSA) is 26.3 Å². The molecule has 0 amide bonds. The highest BCUT2D eigenvalue weighted by Gasteiger charge is 2.02. The summed E-state index contributed by atoms with van der Waals surface area (Å²) in [6, 6.07) is 12.2. The standard InChI is InChI=1S/C16H15FO2/c1-19-16-6-4-12(5-7-16)2-3-13-8-14(11-18)10-15(17)9-13/h4-11H,2-3H2,1H3. The monoisotopic (exact) mass is 258 g/mol. The van der Waals surface area contributed by atoms with Crippen LogP contribution in [0.15, 0.2) is 42.5 Å². The Balaban J connectivity index is 2.05. The van der Waals surface area contributed by atoms with Gasteiger partial charge in [0.25, 0.3) is 0 Å². The Morgan fingerprint density at radius 3 is 2.37 bits per heavy atom. The molecular formula is C16H15FO2. The maximum Gasteiger partial charge on any atom is 0.150 e. The van der Waals surface area contributed by atoms with E-state index in [1.165, 1.54) is 12.1 Å². The molecule has 0 spiro atoms. The largest absolute Gasteiger partial charge is 0.497 e. The van der Waals surface area contributed by atoms with Crippen molar-refractivity contribution < 1.29 is 13.9 Å². The molecule has 0 atom stereocenters. The first kappa shape index (κ1) is 13.3. The zero-order chi connectivity index (χ0) is 13.7. The van der Waals surface area contributed by atoms with Gasteiger partial charge < -0.3 is 4.74 Å². The summed E-state index contributed by atoms with van der Waals surface area (Å²) in [6.45, 7) is 0. The number of methoxy groups -OCH3 is 1. The molecule has 0 saturated carbocycles. The summed E-state index contributed by atoms with van der Waals surface area (Å²) in [6.07, 6.45) is 2.16. The van der Waals surface area contributed by atoms with Gasteiger partial charge in [0.1, 0.15) is 17.9 Å². The molecule has 2 aromatic rings. The Morgan fingerprint density at radius 2 is 1.74 bits per heavy atom. The lowest BCUT2D eigenvalue weighted by Gasteiger charge is -2.05. The number of rotatable bonds is 5. The van der Waals surface area contributed by atoms with Crippen molar-refractivity contribution in [1.82, 2.24) is 0 Å². The van der Waals surface area contributed by atoms with Crippen LogP contribution in [0.25, 0.3) is 0 Å². The second-order valence-corrected chi connectivity index (χ2v) is 4.36. The number of halogens is 1. The van der Waals surface area contributed by atoms with Crippen molar-refractivity contribution in [3.63, 3.8) is 0 Å². The molecule has 0 radical (unpaired) electrons. The molecule has 2 nitrogen and oxygen atoms in total. The number of carbonyl (C=O) groups excluding carboxylic acids is 1. The van der Waals surface area contributed by atoms with E-state index in [1.807, 2.05) is 24.3 Å². The maximum absolute atomic E-state index is 13.3. The van der Waals surface area contributed by atoms with Crippen LogP contribution in [0.1, 0.15) is 21.5 Å². The van der Waals surface area contributed by atoms with Gasteiger partial charge in [0, 0.05) is 5.56 Å². The number of ether oxygens (including phenoxy) is 1. The van der Waals surface area contributed by atoms with Crippen molar-refractivity contribution in [1.29, 1.82) is 0 Å². The molecule has 0 aliphatic rings. The van der Waals surface area contributed by atoms with E-state index < -0.39 is 0 Å². The molecule has 0 unspecified atom stereocenters. The van der Waals surface area contributed by atoms with Crippen molar-refractivity contribution in [2.45, 2.75) is 12.8 Å². The van der Waals surface area contributed by atoms with E-state index in [0.29, 0.717) is 18.3 Å². The van der Waals surface area contributed by atoms with Gasteiger partial charge in [0.15, 0.2) is 0 Å². The summed E-state index contributed by atoms with van der Waals surface area (Å²) in [7, 11) is 1.63. The quantitative estimate of drug-likeness (QED) is 0.768. The van der Waals surface area contributed by atoms with Gasteiger partial charge in [-0.1, -0.05) is 12.1 Å². The molecule has 0 aliphatic carbocycles. The third-order valence-electron chi connectivity index (χ3n) is 2.98. The first-order chi connectivity index (χ1) is 9.21. The Hall–Kier alpha value is -2.16. The zero-order valence-corrected chi connectivity index (χ0v) is 10.7. The average Bonchev–Trinajstić information content (AvgIpc) is 2.45. The highest BCUT2D eigenvalue weighted by molar-refractivity contribution is 5.75. The van der Waals surface area contributed by atoms with Crippen LogP contribution >= 0.6 is 0 Å². The summed E-state index contributed by atoms with van der Waals surface area (Å²) in [5.41, 5.74) is 2.36. The summed E-state index contributed by atoms with van der Waals surface area (Å²) in [5, 5.41) is 0. The van der Waals surface area contributed by atoms with Crippen molar-refractivity contribution in [2.24, 2.45) is 0 Å². The zero-order valence-electron chi connectivity index (χ0n) is 10.7. The molecule has 19 heavy (non-hydrogen) atoms. The molecule has 0 fully saturated rings. The van der Waals surface area contributed by atoms with E-state index in [1.54, 1.807) is 13.2 Å². The van der Waals surface area contributed by atoms with Crippen LogP contribution in [0.2, 0.25) is 0 Å². The van der Waals surface area contributed by atoms with Crippen LogP contribution in [0.5, 0.6) is 5.75 Å². The van der Waals surface area contributed by atoms with Gasteiger partial charge in [0.2, 0.25) is 0 Å². The predicted octanol–water partition coefficient (Wildman–Crippen LogP) is 3.43. The molecule has 0 bridgehead atoms. The second-order valence-electron chi connectivity index (χ2n) is 4.36. The van der Waals surface area contributed by atoms with Crippen molar-refractivity contribution in [2.75, 3.05) is 7.11 Å². The Bertz CT molecular complexity index is 561. The maximum atomic E-state index is 13.3. The number of benzene rings is 2. The number of hydrogen-bond acceptors (Lipinski definition) is 2. The lowest BCUT2D eigenvalue weighted by molar-refractivity contribution is 0.112. The molecule has 0 heterocycles. The van der Waals surface area contributed by atoms with Crippen molar-refractivity contribution >= 4 is 6.29 Å². The van der Waals surface area contributed by atoms with Gasteiger partial charge in [-0.2, -0.15) is 0 Å². The molecular weight excluding hydrogens is 243 g/mol. The first-order valence-corrected chi connectivity index (χ1v) is 6.09. The number of aryl methyl sites for hydroxylation is 2.